The van der Waals surface area contributed by atoms with E-state index in [1.54, 1.807) is 0 Å². The van der Waals surface area contributed by atoms with E-state index in [2.05, 4.69) is 29.8 Å². The lowest BCUT2D eigenvalue weighted by Gasteiger charge is -2.22. The zero-order valence-electron chi connectivity index (χ0n) is 7.15. The number of rotatable bonds is 3. The van der Waals surface area contributed by atoms with E-state index >= 15 is 0 Å². The molecule has 0 saturated heterocycles. The number of halogens is 1. The highest BCUT2D eigenvalue weighted by Crippen LogP contribution is 2.25. The van der Waals surface area contributed by atoms with E-state index in [9.17, 15) is 5.11 Å². The van der Waals surface area contributed by atoms with Crippen molar-refractivity contribution in [1.82, 2.24) is 0 Å². The first kappa shape index (κ1) is 10.4. The Morgan fingerprint density at radius 2 is 1.80 bits per heavy atom. The fraction of sp³-hybridized carbons (Fsp3) is 1.00. The third-order valence-corrected chi connectivity index (χ3v) is 1.96. The normalized spacial score (nSPS) is 15.9. The lowest BCUT2D eigenvalue weighted by molar-refractivity contribution is 0.0482. The molecule has 0 fully saturated rings. The van der Waals surface area contributed by atoms with Crippen LogP contribution in [0.15, 0.2) is 0 Å². The smallest absolute Gasteiger partial charge is 0.108 e. The van der Waals surface area contributed by atoms with Gasteiger partial charge in [0.1, 0.15) is 6.10 Å². The molecular weight excluding hydrogens is 192 g/mol. The first-order chi connectivity index (χ1) is 4.34. The van der Waals surface area contributed by atoms with Gasteiger partial charge in [0.25, 0.3) is 0 Å². The predicted octanol–water partition coefficient (Wildman–Crippen LogP) is 3.01. The van der Waals surface area contributed by atoms with Gasteiger partial charge in [0.05, 0.1) is 0 Å². The molecule has 0 bridgehead atoms. The second-order valence-corrected chi connectivity index (χ2v) is 5.73. The molecule has 0 aromatic carbocycles. The van der Waals surface area contributed by atoms with Gasteiger partial charge in [-0.1, -0.05) is 29.8 Å². The van der Waals surface area contributed by atoms with E-state index in [-0.39, 0.29) is 4.32 Å². The van der Waals surface area contributed by atoms with E-state index < -0.39 is 6.10 Å². The molecule has 0 heterocycles. The lowest BCUT2D eigenvalue weighted by Crippen LogP contribution is -2.29. The van der Waals surface area contributed by atoms with Crippen LogP contribution >= 0.6 is 15.9 Å². The molecule has 0 aromatic heterocycles. The van der Waals surface area contributed by atoms with Crippen LogP contribution in [0.3, 0.4) is 0 Å². The Kier molecular flexibility index (Phi) is 3.89. The van der Waals surface area contributed by atoms with E-state index in [0.717, 1.165) is 6.42 Å². The van der Waals surface area contributed by atoms with Crippen LogP contribution in [0.4, 0.5) is 0 Å². The molecule has 2 heteroatoms. The molecule has 0 aliphatic heterocycles. The predicted molar refractivity (Wildman–Crippen MR) is 46.9 cm³/mol. The maximum atomic E-state index is 11.3. The summed E-state index contributed by atoms with van der Waals surface area (Å²) in [5.41, 5.74) is 0. The van der Waals surface area contributed by atoms with Crippen LogP contribution in [0.1, 0.15) is 34.1 Å². The zero-order chi connectivity index (χ0) is 8.36. The minimum absolute atomic E-state index is 0.253. The summed E-state index contributed by atoms with van der Waals surface area (Å²) >= 11 is 3.36. The maximum absolute atomic E-state index is 11.3. The van der Waals surface area contributed by atoms with Gasteiger partial charge in [-0.25, -0.2) is 5.11 Å². The summed E-state index contributed by atoms with van der Waals surface area (Å²) in [6, 6.07) is 0. The van der Waals surface area contributed by atoms with Gasteiger partial charge in [-0.15, -0.1) is 0 Å². The van der Waals surface area contributed by atoms with Gasteiger partial charge in [0.2, 0.25) is 0 Å². The zero-order valence-corrected chi connectivity index (χ0v) is 8.73. The molecule has 0 N–H and O–H groups in total. The van der Waals surface area contributed by atoms with Crippen LogP contribution in [0.25, 0.3) is 0 Å². The second-order valence-electron chi connectivity index (χ2n) is 3.68. The van der Waals surface area contributed by atoms with Crippen LogP contribution in [0.2, 0.25) is 0 Å². The molecule has 0 aromatic rings. The van der Waals surface area contributed by atoms with Crippen LogP contribution in [0, 0.1) is 5.92 Å². The van der Waals surface area contributed by atoms with E-state index in [0.29, 0.717) is 5.92 Å². The van der Waals surface area contributed by atoms with Gasteiger partial charge in [-0.2, -0.15) is 0 Å². The Morgan fingerprint density at radius 3 is 1.90 bits per heavy atom. The van der Waals surface area contributed by atoms with E-state index in [1.807, 2.05) is 13.8 Å². The second kappa shape index (κ2) is 3.72. The quantitative estimate of drug-likeness (QED) is 0.635. The highest BCUT2D eigenvalue weighted by Gasteiger charge is 2.26. The summed E-state index contributed by atoms with van der Waals surface area (Å²) in [7, 11) is 0. The van der Waals surface area contributed by atoms with E-state index in [4.69, 9.17) is 0 Å². The monoisotopic (exact) mass is 207 g/mol. The Balaban J connectivity index is 3.73. The molecule has 1 nitrogen and oxygen atoms in total. The fourth-order valence-corrected chi connectivity index (χ4v) is 0.895. The first-order valence-electron chi connectivity index (χ1n) is 3.68. The number of hydrogen-bond donors (Lipinski definition) is 0. The van der Waals surface area contributed by atoms with Crippen LogP contribution < -0.4 is 0 Å². The number of alkyl halides is 1. The molecule has 1 atom stereocenters. The van der Waals surface area contributed by atoms with Crippen molar-refractivity contribution in [3.63, 3.8) is 0 Å². The van der Waals surface area contributed by atoms with Crippen molar-refractivity contribution in [1.29, 1.82) is 0 Å². The fourth-order valence-electron chi connectivity index (χ4n) is 0.708. The van der Waals surface area contributed by atoms with Gasteiger partial charge in [0.15, 0.2) is 0 Å². The van der Waals surface area contributed by atoms with Crippen LogP contribution in [-0.2, 0) is 5.11 Å². The average molecular weight is 208 g/mol. The topological polar surface area (TPSA) is 19.9 Å². The van der Waals surface area contributed by atoms with Crippen molar-refractivity contribution >= 4 is 15.9 Å². The van der Waals surface area contributed by atoms with Crippen molar-refractivity contribution in [2.45, 2.75) is 44.5 Å². The molecule has 1 unspecified atom stereocenters. The summed E-state index contributed by atoms with van der Waals surface area (Å²) in [5, 5.41) is 11.3. The SMILES string of the molecule is CC(C)CC([O])C(C)(C)Br. The van der Waals surface area contributed by atoms with Crippen molar-refractivity contribution in [3.8, 4) is 0 Å². The highest BCUT2D eigenvalue weighted by molar-refractivity contribution is 9.10. The van der Waals surface area contributed by atoms with Gasteiger partial charge < -0.3 is 0 Å². The van der Waals surface area contributed by atoms with Gasteiger partial charge in [-0.3, -0.25) is 0 Å². The highest BCUT2D eigenvalue weighted by atomic mass is 79.9. The standard InChI is InChI=1S/C8H16BrO/c1-6(2)5-7(10)8(3,4)9/h6-7H,5H2,1-4H3. The molecule has 0 amide bonds. The summed E-state index contributed by atoms with van der Waals surface area (Å²) in [6.07, 6.45) is 0.255. The van der Waals surface area contributed by atoms with Crippen LogP contribution in [0.5, 0.6) is 0 Å². The molecule has 61 valence electrons. The third kappa shape index (κ3) is 4.29. The summed E-state index contributed by atoms with van der Waals surface area (Å²) < 4.78 is -0.253. The molecule has 1 radical (unpaired) electrons. The molecule has 0 spiro atoms. The Bertz CT molecular complexity index is 93.9. The van der Waals surface area contributed by atoms with Crippen molar-refractivity contribution in [2.75, 3.05) is 0 Å². The maximum Gasteiger partial charge on any atom is 0.108 e. The molecule has 10 heavy (non-hydrogen) atoms. The average Bonchev–Trinajstić information content (AvgIpc) is 1.60. The Morgan fingerprint density at radius 1 is 1.40 bits per heavy atom. The van der Waals surface area contributed by atoms with Gasteiger partial charge in [-0.05, 0) is 26.2 Å². The Hall–Kier alpha value is 0.440. The van der Waals surface area contributed by atoms with Crippen molar-refractivity contribution in [3.05, 3.63) is 0 Å². The molecule has 0 aliphatic carbocycles. The molecule has 0 rings (SSSR count). The Labute approximate surface area is 72.0 Å². The largest absolute Gasteiger partial charge is 0.232 e. The summed E-state index contributed by atoms with van der Waals surface area (Å²) in [5.74, 6) is 0.499. The minimum Gasteiger partial charge on any atom is -0.232 e. The van der Waals surface area contributed by atoms with Gasteiger partial charge >= 0.3 is 0 Å². The van der Waals surface area contributed by atoms with Crippen molar-refractivity contribution < 1.29 is 5.11 Å². The molecule has 0 aliphatic rings. The van der Waals surface area contributed by atoms with Crippen LogP contribution in [-0.4, -0.2) is 10.4 Å². The number of hydrogen-bond acceptors (Lipinski definition) is 0. The van der Waals surface area contributed by atoms with Gasteiger partial charge in [0, 0.05) is 4.32 Å². The van der Waals surface area contributed by atoms with Crippen molar-refractivity contribution in [2.24, 2.45) is 5.92 Å². The lowest BCUT2D eigenvalue weighted by atomic mass is 9.97. The first-order valence-corrected chi connectivity index (χ1v) is 4.48. The minimum atomic E-state index is -0.493. The molecule has 0 saturated carbocycles. The third-order valence-electron chi connectivity index (χ3n) is 1.45. The summed E-state index contributed by atoms with van der Waals surface area (Å²) in [4.78, 5) is 0. The molecular formula is C8H16BrO. The summed E-state index contributed by atoms with van der Waals surface area (Å²) in [6.45, 7) is 7.99. The van der Waals surface area contributed by atoms with E-state index in [1.165, 1.54) is 0 Å².